The van der Waals surface area contributed by atoms with E-state index >= 15 is 0 Å². The fourth-order valence-corrected chi connectivity index (χ4v) is 1.53. The van der Waals surface area contributed by atoms with Crippen molar-refractivity contribution in [1.82, 2.24) is 10.2 Å². The third-order valence-corrected chi connectivity index (χ3v) is 2.48. The van der Waals surface area contributed by atoms with Gasteiger partial charge in [-0.3, -0.25) is 4.79 Å². The van der Waals surface area contributed by atoms with Crippen LogP contribution in [-0.2, 0) is 0 Å². The van der Waals surface area contributed by atoms with Crippen LogP contribution in [0, 0.1) is 6.92 Å². The quantitative estimate of drug-likeness (QED) is 0.829. The summed E-state index contributed by atoms with van der Waals surface area (Å²) in [5.41, 5.74) is 0.923. The van der Waals surface area contributed by atoms with Gasteiger partial charge in [0.1, 0.15) is 0 Å². The Hall–Kier alpha value is -2.56. The van der Waals surface area contributed by atoms with Crippen molar-refractivity contribution in [2.24, 2.45) is 0 Å². The molecule has 1 N–H and O–H groups in total. The maximum Gasteiger partial charge on any atom is 0.356 e. The summed E-state index contributed by atoms with van der Waals surface area (Å²) in [4.78, 5) is 23.0. The number of benzene rings is 1. The lowest BCUT2D eigenvalue weighted by molar-refractivity contribution is 0.0689. The molecule has 5 heteroatoms. The highest BCUT2D eigenvalue weighted by atomic mass is 16.4. The van der Waals surface area contributed by atoms with Crippen molar-refractivity contribution in [2.75, 3.05) is 0 Å². The lowest BCUT2D eigenvalue weighted by Crippen LogP contribution is -2.10. The van der Waals surface area contributed by atoms with E-state index in [2.05, 4.69) is 10.2 Å². The van der Waals surface area contributed by atoms with E-state index in [4.69, 9.17) is 5.11 Å². The molecule has 0 aliphatic heterocycles. The summed E-state index contributed by atoms with van der Waals surface area (Å²) in [7, 11) is 0. The van der Waals surface area contributed by atoms with E-state index in [0.717, 1.165) is 0 Å². The molecule has 0 spiro atoms. The number of hydrogen-bond donors (Lipinski definition) is 1. The topological polar surface area (TPSA) is 80.2 Å². The van der Waals surface area contributed by atoms with Gasteiger partial charge in [0.15, 0.2) is 11.5 Å². The number of aromatic nitrogens is 2. The fraction of sp³-hybridized carbons (Fsp3) is 0.0769. The molecule has 1 aromatic heterocycles. The standard InChI is InChI=1S/C13H10N2O3/c1-8-10(7-11(13(17)18)15-14-8)12(16)9-5-3-2-4-6-9/h2-7H,1H3,(H,17,18). The molecule has 0 radical (unpaired) electrons. The molecule has 0 saturated heterocycles. The molecule has 0 aliphatic rings. The number of carboxylic acid groups (broad SMARTS) is 1. The molecular formula is C13H10N2O3. The van der Waals surface area contributed by atoms with Gasteiger partial charge in [-0.1, -0.05) is 30.3 Å². The van der Waals surface area contributed by atoms with Crippen LogP contribution in [0.5, 0.6) is 0 Å². The Morgan fingerprint density at radius 1 is 1.11 bits per heavy atom. The normalized spacial score (nSPS) is 10.1. The molecule has 0 bridgehead atoms. The van der Waals surface area contributed by atoms with Crippen molar-refractivity contribution < 1.29 is 14.7 Å². The SMILES string of the molecule is Cc1nnc(C(=O)O)cc1C(=O)c1ccccc1. The van der Waals surface area contributed by atoms with Crippen LogP contribution < -0.4 is 0 Å². The smallest absolute Gasteiger partial charge is 0.356 e. The van der Waals surface area contributed by atoms with Crippen molar-refractivity contribution in [3.8, 4) is 0 Å². The van der Waals surface area contributed by atoms with Crippen LogP contribution in [0.25, 0.3) is 0 Å². The molecule has 2 aromatic rings. The minimum atomic E-state index is -1.20. The Morgan fingerprint density at radius 2 is 1.78 bits per heavy atom. The second-order valence-electron chi connectivity index (χ2n) is 3.73. The van der Waals surface area contributed by atoms with Gasteiger partial charge in [0.05, 0.1) is 5.69 Å². The summed E-state index contributed by atoms with van der Waals surface area (Å²) in [6.45, 7) is 1.62. The average molecular weight is 242 g/mol. The summed E-state index contributed by atoms with van der Waals surface area (Å²) in [5.74, 6) is -1.46. The van der Waals surface area contributed by atoms with Gasteiger partial charge in [-0.2, -0.15) is 5.10 Å². The summed E-state index contributed by atoms with van der Waals surface area (Å²) < 4.78 is 0. The van der Waals surface area contributed by atoms with Crippen LogP contribution in [0.1, 0.15) is 32.1 Å². The first-order valence-corrected chi connectivity index (χ1v) is 5.27. The Balaban J connectivity index is 2.48. The molecule has 2 rings (SSSR count). The first kappa shape index (κ1) is 11.9. The summed E-state index contributed by atoms with van der Waals surface area (Å²) >= 11 is 0. The molecule has 1 heterocycles. The third kappa shape index (κ3) is 2.24. The number of aromatic carboxylic acids is 1. The Morgan fingerprint density at radius 3 is 2.39 bits per heavy atom. The zero-order valence-electron chi connectivity index (χ0n) is 9.62. The highest BCUT2D eigenvalue weighted by Gasteiger charge is 2.16. The number of nitrogens with zero attached hydrogens (tertiary/aromatic N) is 2. The van der Waals surface area contributed by atoms with Gasteiger partial charge in [-0.15, -0.1) is 5.10 Å². The Bertz CT molecular complexity index is 609. The summed E-state index contributed by atoms with van der Waals surface area (Å²) in [6, 6.07) is 9.88. The fourth-order valence-electron chi connectivity index (χ4n) is 1.53. The van der Waals surface area contributed by atoms with Crippen LogP contribution in [0.4, 0.5) is 0 Å². The van der Waals surface area contributed by atoms with Gasteiger partial charge in [-0.25, -0.2) is 4.79 Å². The zero-order valence-corrected chi connectivity index (χ0v) is 9.62. The predicted molar refractivity (Wildman–Crippen MR) is 63.6 cm³/mol. The van der Waals surface area contributed by atoms with Crippen molar-refractivity contribution >= 4 is 11.8 Å². The highest BCUT2D eigenvalue weighted by Crippen LogP contribution is 2.12. The van der Waals surface area contributed by atoms with Gasteiger partial charge in [0.2, 0.25) is 0 Å². The summed E-state index contributed by atoms with van der Waals surface area (Å²) in [6.07, 6.45) is 0. The molecule has 90 valence electrons. The van der Waals surface area contributed by atoms with Gasteiger partial charge >= 0.3 is 5.97 Å². The van der Waals surface area contributed by atoms with Crippen molar-refractivity contribution in [3.05, 3.63) is 58.9 Å². The number of hydrogen-bond acceptors (Lipinski definition) is 4. The molecule has 0 unspecified atom stereocenters. The molecule has 0 aliphatic carbocycles. The average Bonchev–Trinajstić information content (AvgIpc) is 2.39. The van der Waals surface area contributed by atoms with Gasteiger partial charge < -0.3 is 5.11 Å². The van der Waals surface area contributed by atoms with Gasteiger partial charge in [0, 0.05) is 11.1 Å². The van der Waals surface area contributed by atoms with Gasteiger partial charge in [-0.05, 0) is 13.0 Å². The van der Waals surface area contributed by atoms with Crippen molar-refractivity contribution in [3.63, 3.8) is 0 Å². The maximum absolute atomic E-state index is 12.2. The molecule has 1 aromatic carbocycles. The first-order chi connectivity index (χ1) is 8.59. The lowest BCUT2D eigenvalue weighted by atomic mass is 10.0. The minimum absolute atomic E-state index is 0.236. The number of carbonyl (C=O) groups excluding carboxylic acids is 1. The Kier molecular flexibility index (Phi) is 3.14. The van der Waals surface area contributed by atoms with E-state index in [1.165, 1.54) is 6.07 Å². The van der Waals surface area contributed by atoms with Crippen LogP contribution in [0.3, 0.4) is 0 Å². The first-order valence-electron chi connectivity index (χ1n) is 5.27. The molecule has 0 fully saturated rings. The Labute approximate surface area is 103 Å². The zero-order chi connectivity index (χ0) is 13.1. The molecular weight excluding hydrogens is 232 g/mol. The molecule has 0 atom stereocenters. The van der Waals surface area contributed by atoms with Crippen LogP contribution in [-0.4, -0.2) is 27.1 Å². The maximum atomic E-state index is 12.2. The monoisotopic (exact) mass is 242 g/mol. The van der Waals surface area contributed by atoms with Crippen LogP contribution in [0.2, 0.25) is 0 Å². The van der Waals surface area contributed by atoms with E-state index in [1.807, 2.05) is 0 Å². The number of carboxylic acids is 1. The number of aryl methyl sites for hydroxylation is 1. The molecule has 0 amide bonds. The van der Waals surface area contributed by atoms with Crippen LogP contribution >= 0.6 is 0 Å². The van der Waals surface area contributed by atoms with E-state index < -0.39 is 5.97 Å². The van der Waals surface area contributed by atoms with Gasteiger partial charge in [0.25, 0.3) is 0 Å². The largest absolute Gasteiger partial charge is 0.476 e. The van der Waals surface area contributed by atoms with Crippen LogP contribution in [0.15, 0.2) is 36.4 Å². The minimum Gasteiger partial charge on any atom is -0.476 e. The molecule has 0 saturated carbocycles. The van der Waals surface area contributed by atoms with E-state index in [0.29, 0.717) is 11.3 Å². The van der Waals surface area contributed by atoms with Crippen molar-refractivity contribution in [2.45, 2.75) is 6.92 Å². The van der Waals surface area contributed by atoms with Crippen molar-refractivity contribution in [1.29, 1.82) is 0 Å². The highest BCUT2D eigenvalue weighted by molar-refractivity contribution is 6.10. The number of ketones is 1. The van der Waals surface area contributed by atoms with E-state index in [-0.39, 0.29) is 17.0 Å². The number of carbonyl (C=O) groups is 2. The lowest BCUT2D eigenvalue weighted by Gasteiger charge is -2.04. The second kappa shape index (κ2) is 4.75. The number of rotatable bonds is 3. The predicted octanol–water partition coefficient (Wildman–Crippen LogP) is 1.71. The van der Waals surface area contributed by atoms with E-state index in [9.17, 15) is 9.59 Å². The molecule has 18 heavy (non-hydrogen) atoms. The second-order valence-corrected chi connectivity index (χ2v) is 3.73. The molecule has 5 nitrogen and oxygen atoms in total. The summed E-state index contributed by atoms with van der Waals surface area (Å²) in [5, 5.41) is 16.0. The van der Waals surface area contributed by atoms with E-state index in [1.54, 1.807) is 37.3 Å². The third-order valence-electron chi connectivity index (χ3n) is 2.48.